The first-order valence-electron chi connectivity index (χ1n) is 5.81. The molecule has 2 rings (SSSR count). The summed E-state index contributed by atoms with van der Waals surface area (Å²) < 4.78 is 11.0. The fourth-order valence-corrected chi connectivity index (χ4v) is 2.67. The molecule has 1 aliphatic heterocycles. The van der Waals surface area contributed by atoms with Crippen LogP contribution < -0.4 is 4.74 Å². The monoisotopic (exact) mass is 274 g/mol. The maximum absolute atomic E-state index is 6.48. The van der Waals surface area contributed by atoms with Crippen molar-refractivity contribution in [1.29, 1.82) is 0 Å². The number of rotatable bonds is 3. The Balaban J connectivity index is 2.21. The van der Waals surface area contributed by atoms with Crippen molar-refractivity contribution in [2.45, 2.75) is 30.7 Å². The van der Waals surface area contributed by atoms with Crippen molar-refractivity contribution >= 4 is 23.2 Å². The van der Waals surface area contributed by atoms with E-state index in [1.54, 1.807) is 13.2 Å². The maximum atomic E-state index is 6.48. The molecule has 0 N–H and O–H groups in total. The Bertz CT molecular complexity index is 376. The minimum absolute atomic E-state index is 0.0535. The number of hydrogen-bond acceptors (Lipinski definition) is 2. The highest BCUT2D eigenvalue weighted by Gasteiger charge is 2.26. The van der Waals surface area contributed by atoms with Gasteiger partial charge in [0.05, 0.1) is 18.6 Å². The van der Waals surface area contributed by atoms with Gasteiger partial charge in [-0.25, -0.2) is 0 Å². The highest BCUT2D eigenvalue weighted by molar-refractivity contribution is 6.31. The van der Waals surface area contributed by atoms with Crippen LogP contribution in [-0.4, -0.2) is 19.8 Å². The molecular formula is C13H16Cl2O2. The van der Waals surface area contributed by atoms with Crippen LogP contribution in [0.25, 0.3) is 0 Å². The molecule has 17 heavy (non-hydrogen) atoms. The molecule has 1 aromatic carbocycles. The Kier molecular flexibility index (Phi) is 4.55. The molecule has 1 saturated heterocycles. The predicted octanol–water partition coefficient (Wildman–Crippen LogP) is 4.20. The SMILES string of the molecule is COc1ccc(Cl)cc1C(Cl)C1CCCCO1. The number of benzene rings is 1. The molecule has 4 heteroatoms. The molecule has 0 radical (unpaired) electrons. The Hall–Kier alpha value is -0.440. The number of ether oxygens (including phenoxy) is 2. The van der Waals surface area contributed by atoms with Crippen molar-refractivity contribution < 1.29 is 9.47 Å². The van der Waals surface area contributed by atoms with E-state index >= 15 is 0 Å². The molecule has 1 heterocycles. The lowest BCUT2D eigenvalue weighted by atomic mass is 10.00. The molecule has 0 aromatic heterocycles. The zero-order valence-electron chi connectivity index (χ0n) is 9.79. The smallest absolute Gasteiger partial charge is 0.123 e. The zero-order valence-corrected chi connectivity index (χ0v) is 11.3. The maximum Gasteiger partial charge on any atom is 0.123 e. The van der Waals surface area contributed by atoms with Gasteiger partial charge in [0.2, 0.25) is 0 Å². The minimum Gasteiger partial charge on any atom is -0.496 e. The molecular weight excluding hydrogens is 259 g/mol. The van der Waals surface area contributed by atoms with Gasteiger partial charge in [0.15, 0.2) is 0 Å². The van der Waals surface area contributed by atoms with E-state index in [0.717, 1.165) is 37.2 Å². The third-order valence-electron chi connectivity index (χ3n) is 3.03. The lowest BCUT2D eigenvalue weighted by molar-refractivity contribution is 0.0132. The van der Waals surface area contributed by atoms with Crippen molar-refractivity contribution in [3.8, 4) is 5.75 Å². The molecule has 0 spiro atoms. The van der Waals surface area contributed by atoms with Gasteiger partial charge in [-0.15, -0.1) is 11.6 Å². The van der Waals surface area contributed by atoms with E-state index in [2.05, 4.69) is 0 Å². The first kappa shape index (κ1) is 13.0. The van der Waals surface area contributed by atoms with Gasteiger partial charge in [0.1, 0.15) is 5.75 Å². The van der Waals surface area contributed by atoms with Gasteiger partial charge >= 0.3 is 0 Å². The highest BCUT2D eigenvalue weighted by atomic mass is 35.5. The standard InChI is InChI=1S/C13H16Cl2O2/c1-16-11-6-5-9(14)8-10(11)13(15)12-4-2-3-7-17-12/h5-6,8,12-13H,2-4,7H2,1H3. The summed E-state index contributed by atoms with van der Waals surface area (Å²) in [6.45, 7) is 0.788. The predicted molar refractivity (Wildman–Crippen MR) is 70.2 cm³/mol. The molecule has 2 unspecified atom stereocenters. The van der Waals surface area contributed by atoms with Gasteiger partial charge in [0.25, 0.3) is 0 Å². The van der Waals surface area contributed by atoms with Crippen LogP contribution >= 0.6 is 23.2 Å². The summed E-state index contributed by atoms with van der Waals surface area (Å²) in [5, 5.41) is 0.464. The van der Waals surface area contributed by atoms with Crippen LogP contribution in [0.3, 0.4) is 0 Å². The average Bonchev–Trinajstić information content (AvgIpc) is 2.39. The summed E-state index contributed by atoms with van der Waals surface area (Å²) in [6.07, 6.45) is 3.32. The first-order chi connectivity index (χ1) is 8.22. The van der Waals surface area contributed by atoms with Crippen molar-refractivity contribution in [2.75, 3.05) is 13.7 Å². The quantitative estimate of drug-likeness (QED) is 0.770. The van der Waals surface area contributed by atoms with Gasteiger partial charge in [-0.3, -0.25) is 0 Å². The van der Waals surface area contributed by atoms with Crippen LogP contribution in [0.4, 0.5) is 0 Å². The largest absolute Gasteiger partial charge is 0.496 e. The number of alkyl halides is 1. The summed E-state index contributed by atoms with van der Waals surface area (Å²) in [4.78, 5) is 0. The van der Waals surface area contributed by atoms with Crippen molar-refractivity contribution in [1.82, 2.24) is 0 Å². The Labute approximate surface area is 112 Å². The van der Waals surface area contributed by atoms with Crippen molar-refractivity contribution in [3.63, 3.8) is 0 Å². The second-order valence-electron chi connectivity index (χ2n) is 4.19. The second kappa shape index (κ2) is 5.94. The van der Waals surface area contributed by atoms with E-state index in [9.17, 15) is 0 Å². The van der Waals surface area contributed by atoms with E-state index in [0.29, 0.717) is 5.02 Å². The van der Waals surface area contributed by atoms with Gasteiger partial charge in [-0.1, -0.05) is 11.6 Å². The van der Waals surface area contributed by atoms with E-state index in [1.807, 2.05) is 12.1 Å². The number of methoxy groups -OCH3 is 1. The van der Waals surface area contributed by atoms with Gasteiger partial charge in [0, 0.05) is 17.2 Å². The topological polar surface area (TPSA) is 18.5 Å². The molecule has 2 nitrogen and oxygen atoms in total. The van der Waals surface area contributed by atoms with E-state index in [-0.39, 0.29) is 11.5 Å². The third-order valence-corrected chi connectivity index (χ3v) is 3.78. The molecule has 1 fully saturated rings. The fraction of sp³-hybridized carbons (Fsp3) is 0.538. The highest BCUT2D eigenvalue weighted by Crippen LogP contribution is 2.37. The summed E-state index contributed by atoms with van der Waals surface area (Å²) in [5.41, 5.74) is 0.911. The van der Waals surface area contributed by atoms with E-state index in [4.69, 9.17) is 32.7 Å². The minimum atomic E-state index is -0.205. The summed E-state index contributed by atoms with van der Waals surface area (Å²) in [6, 6.07) is 5.50. The summed E-state index contributed by atoms with van der Waals surface area (Å²) in [5.74, 6) is 0.767. The normalized spacial score (nSPS) is 22.2. The van der Waals surface area contributed by atoms with Crippen LogP contribution in [0, 0.1) is 0 Å². The Morgan fingerprint density at radius 3 is 2.88 bits per heavy atom. The zero-order chi connectivity index (χ0) is 12.3. The second-order valence-corrected chi connectivity index (χ2v) is 5.10. The molecule has 1 aliphatic rings. The number of halogens is 2. The van der Waals surface area contributed by atoms with Crippen LogP contribution in [0.2, 0.25) is 5.02 Å². The van der Waals surface area contributed by atoms with E-state index < -0.39 is 0 Å². The van der Waals surface area contributed by atoms with Crippen LogP contribution in [0.5, 0.6) is 5.75 Å². The lowest BCUT2D eigenvalue weighted by Crippen LogP contribution is -2.23. The van der Waals surface area contributed by atoms with Gasteiger partial charge in [-0.2, -0.15) is 0 Å². The van der Waals surface area contributed by atoms with Gasteiger partial charge < -0.3 is 9.47 Å². The first-order valence-corrected chi connectivity index (χ1v) is 6.63. The van der Waals surface area contributed by atoms with Crippen LogP contribution in [0.1, 0.15) is 30.2 Å². The van der Waals surface area contributed by atoms with Crippen LogP contribution in [-0.2, 0) is 4.74 Å². The van der Waals surface area contributed by atoms with Crippen LogP contribution in [0.15, 0.2) is 18.2 Å². The lowest BCUT2D eigenvalue weighted by Gasteiger charge is -2.27. The summed E-state index contributed by atoms with van der Waals surface area (Å²) >= 11 is 12.5. The molecule has 94 valence electrons. The van der Waals surface area contributed by atoms with E-state index in [1.165, 1.54) is 0 Å². The van der Waals surface area contributed by atoms with Crippen molar-refractivity contribution in [3.05, 3.63) is 28.8 Å². The molecule has 0 bridgehead atoms. The van der Waals surface area contributed by atoms with Crippen molar-refractivity contribution in [2.24, 2.45) is 0 Å². The average molecular weight is 275 g/mol. The molecule has 0 aliphatic carbocycles. The third kappa shape index (κ3) is 3.06. The van der Waals surface area contributed by atoms with Gasteiger partial charge in [-0.05, 0) is 37.5 Å². The molecule has 2 atom stereocenters. The Morgan fingerprint density at radius 2 is 2.24 bits per heavy atom. The molecule has 0 amide bonds. The fourth-order valence-electron chi connectivity index (χ4n) is 2.12. The number of hydrogen-bond donors (Lipinski definition) is 0. The molecule has 1 aromatic rings. The summed E-state index contributed by atoms with van der Waals surface area (Å²) in [7, 11) is 1.64. The molecule has 0 saturated carbocycles. The Morgan fingerprint density at radius 1 is 1.41 bits per heavy atom.